The van der Waals surface area contributed by atoms with E-state index < -0.39 is 11.4 Å². The molecule has 2 aliphatic rings. The van der Waals surface area contributed by atoms with Crippen molar-refractivity contribution < 1.29 is 19.4 Å². The Bertz CT molecular complexity index is 578. The summed E-state index contributed by atoms with van der Waals surface area (Å²) in [5.41, 5.74) is 1.09. The van der Waals surface area contributed by atoms with E-state index in [1.165, 1.54) is 0 Å². The summed E-state index contributed by atoms with van der Waals surface area (Å²) in [6.45, 7) is 3.28. The third-order valence-electron chi connectivity index (χ3n) is 4.54. The van der Waals surface area contributed by atoms with E-state index in [1.807, 2.05) is 13.0 Å². The zero-order chi connectivity index (χ0) is 15.0. The second kappa shape index (κ2) is 5.52. The van der Waals surface area contributed by atoms with Gasteiger partial charge in [-0.3, -0.25) is 4.79 Å². The lowest BCUT2D eigenvalue weighted by Gasteiger charge is -2.40. The Hall–Kier alpha value is -1.23. The highest BCUT2D eigenvalue weighted by atomic mass is 79.9. The molecule has 0 amide bonds. The number of rotatable bonds is 3. The van der Waals surface area contributed by atoms with Gasteiger partial charge in [-0.25, -0.2) is 0 Å². The van der Waals surface area contributed by atoms with Gasteiger partial charge in [-0.1, -0.05) is 29.3 Å². The third-order valence-corrected chi connectivity index (χ3v) is 5.16. The number of aliphatic carboxylic acids is 1. The molecule has 1 aliphatic heterocycles. The van der Waals surface area contributed by atoms with Gasteiger partial charge in [0.05, 0.1) is 18.6 Å². The highest BCUT2D eigenvalue weighted by Gasteiger charge is 2.49. The highest BCUT2D eigenvalue weighted by Crippen LogP contribution is 2.52. The molecule has 1 aromatic rings. The van der Waals surface area contributed by atoms with Gasteiger partial charge >= 0.3 is 5.97 Å². The molecule has 0 aromatic heterocycles. The maximum atomic E-state index is 11.9. The lowest BCUT2D eigenvalue weighted by Crippen LogP contribution is -2.43. The van der Waals surface area contributed by atoms with Gasteiger partial charge in [0.2, 0.25) is 0 Å². The second-order valence-electron chi connectivity index (χ2n) is 5.68. The molecule has 1 fully saturated rings. The van der Waals surface area contributed by atoms with Crippen molar-refractivity contribution in [3.8, 4) is 11.5 Å². The first-order valence-corrected chi connectivity index (χ1v) is 8.24. The van der Waals surface area contributed by atoms with Crippen LogP contribution in [0.2, 0.25) is 0 Å². The molecule has 1 saturated carbocycles. The summed E-state index contributed by atoms with van der Waals surface area (Å²) < 4.78 is 12.4. The number of ether oxygens (including phenoxy) is 2. The van der Waals surface area contributed by atoms with Crippen LogP contribution in [0.5, 0.6) is 11.5 Å². The van der Waals surface area contributed by atoms with Gasteiger partial charge in [-0.05, 0) is 30.9 Å². The van der Waals surface area contributed by atoms with Crippen LogP contribution in [0.25, 0.3) is 0 Å². The van der Waals surface area contributed by atoms with Crippen LogP contribution in [0.4, 0.5) is 0 Å². The molecule has 0 atom stereocenters. The summed E-state index contributed by atoms with van der Waals surface area (Å²) in [5, 5.41) is 9.75. The molecule has 114 valence electrons. The number of carbonyl (C=O) groups is 1. The summed E-state index contributed by atoms with van der Waals surface area (Å²) in [4.78, 5) is 11.9. The molecule has 1 heterocycles. The Kier molecular flexibility index (Phi) is 3.86. The molecule has 1 N–H and O–H groups in total. The predicted molar refractivity (Wildman–Crippen MR) is 82.3 cm³/mol. The van der Waals surface area contributed by atoms with Crippen LogP contribution < -0.4 is 9.47 Å². The number of hydrogen-bond acceptors (Lipinski definition) is 3. The van der Waals surface area contributed by atoms with Crippen molar-refractivity contribution in [1.29, 1.82) is 0 Å². The topological polar surface area (TPSA) is 55.8 Å². The van der Waals surface area contributed by atoms with E-state index in [2.05, 4.69) is 15.9 Å². The van der Waals surface area contributed by atoms with Gasteiger partial charge in [-0.15, -0.1) is 0 Å². The fourth-order valence-electron chi connectivity index (χ4n) is 3.30. The van der Waals surface area contributed by atoms with E-state index in [9.17, 15) is 9.90 Å². The summed E-state index contributed by atoms with van der Waals surface area (Å²) in [7, 11) is 0. The van der Waals surface area contributed by atoms with Gasteiger partial charge in [-0.2, -0.15) is 0 Å². The Morgan fingerprint density at radius 2 is 2.05 bits per heavy atom. The Morgan fingerprint density at radius 3 is 2.62 bits per heavy atom. The molecule has 1 aromatic carbocycles. The zero-order valence-electron chi connectivity index (χ0n) is 12.1. The number of carboxylic acids is 1. The molecule has 0 radical (unpaired) electrons. The van der Waals surface area contributed by atoms with Gasteiger partial charge < -0.3 is 14.6 Å². The highest BCUT2D eigenvalue weighted by molar-refractivity contribution is 9.10. The molecule has 5 heteroatoms. The lowest BCUT2D eigenvalue weighted by atomic mass is 9.63. The second-order valence-corrected chi connectivity index (χ2v) is 6.54. The number of halogens is 1. The SMILES string of the molecule is CCc1c2c(cc(Br)c1C1(C(=O)O)CCC1)OCCCO2. The predicted octanol–water partition coefficient (Wildman–Crippen LogP) is 3.68. The normalized spacial score (nSPS) is 19.5. The van der Waals surface area contributed by atoms with Crippen LogP contribution in [0.3, 0.4) is 0 Å². The van der Waals surface area contributed by atoms with E-state index in [1.54, 1.807) is 0 Å². The minimum absolute atomic E-state index is 0.612. The number of hydrogen-bond donors (Lipinski definition) is 1. The van der Waals surface area contributed by atoms with Gasteiger partial charge in [0, 0.05) is 16.5 Å². The first-order chi connectivity index (χ1) is 10.1. The quantitative estimate of drug-likeness (QED) is 0.899. The summed E-state index contributed by atoms with van der Waals surface area (Å²) in [6.07, 6.45) is 3.90. The molecule has 4 nitrogen and oxygen atoms in total. The van der Waals surface area contributed by atoms with E-state index in [-0.39, 0.29) is 0 Å². The van der Waals surface area contributed by atoms with Crippen molar-refractivity contribution in [2.24, 2.45) is 0 Å². The molecule has 0 spiro atoms. The van der Waals surface area contributed by atoms with Crippen LogP contribution in [-0.2, 0) is 16.6 Å². The summed E-state index contributed by atoms with van der Waals surface area (Å²) in [6, 6.07) is 1.87. The van der Waals surface area contributed by atoms with Crippen molar-refractivity contribution >= 4 is 21.9 Å². The minimum atomic E-state index is -0.769. The molecular formula is C16H19BrO4. The van der Waals surface area contributed by atoms with Gasteiger partial charge in [0.25, 0.3) is 0 Å². The monoisotopic (exact) mass is 354 g/mol. The minimum Gasteiger partial charge on any atom is -0.490 e. The largest absolute Gasteiger partial charge is 0.490 e. The van der Waals surface area contributed by atoms with Crippen LogP contribution >= 0.6 is 15.9 Å². The average molecular weight is 355 g/mol. The Labute approximate surface area is 132 Å². The van der Waals surface area contributed by atoms with Crippen LogP contribution in [0.15, 0.2) is 10.5 Å². The smallest absolute Gasteiger partial charge is 0.314 e. The standard InChI is InChI=1S/C16H19BrO4/c1-2-10-13(16(15(18)19)5-3-6-16)11(17)9-12-14(10)21-8-4-7-20-12/h9H,2-8H2,1H3,(H,18,19). The fourth-order valence-corrected chi connectivity index (χ4v) is 4.12. The van der Waals surface area contributed by atoms with E-state index >= 15 is 0 Å². The third kappa shape index (κ3) is 2.22. The molecule has 3 rings (SSSR count). The molecular weight excluding hydrogens is 336 g/mol. The van der Waals surface area contributed by atoms with E-state index in [0.29, 0.717) is 26.1 Å². The lowest BCUT2D eigenvalue weighted by molar-refractivity contribution is -0.147. The van der Waals surface area contributed by atoms with Crippen molar-refractivity contribution in [3.05, 3.63) is 21.7 Å². The van der Waals surface area contributed by atoms with Crippen molar-refractivity contribution in [2.75, 3.05) is 13.2 Å². The molecule has 0 saturated heterocycles. The van der Waals surface area contributed by atoms with Crippen molar-refractivity contribution in [1.82, 2.24) is 0 Å². The van der Waals surface area contributed by atoms with Gasteiger partial charge in [0.1, 0.15) is 0 Å². The summed E-state index contributed by atoms with van der Waals surface area (Å²) >= 11 is 3.57. The first-order valence-electron chi connectivity index (χ1n) is 7.45. The molecule has 21 heavy (non-hydrogen) atoms. The maximum Gasteiger partial charge on any atom is 0.314 e. The summed E-state index contributed by atoms with van der Waals surface area (Å²) in [5.74, 6) is 0.721. The van der Waals surface area contributed by atoms with E-state index in [4.69, 9.17) is 9.47 Å². The number of fused-ring (bicyclic) bond motifs is 1. The Balaban J connectivity index is 2.21. The van der Waals surface area contributed by atoms with Crippen LogP contribution in [0.1, 0.15) is 43.7 Å². The average Bonchev–Trinajstić information content (AvgIpc) is 2.62. The van der Waals surface area contributed by atoms with E-state index in [0.717, 1.165) is 46.4 Å². The van der Waals surface area contributed by atoms with Crippen molar-refractivity contribution in [3.63, 3.8) is 0 Å². The van der Waals surface area contributed by atoms with Crippen LogP contribution in [0, 0.1) is 0 Å². The first kappa shape index (κ1) is 14.7. The zero-order valence-corrected chi connectivity index (χ0v) is 13.7. The molecule has 1 aliphatic carbocycles. The van der Waals surface area contributed by atoms with Gasteiger partial charge in [0.15, 0.2) is 11.5 Å². The number of carboxylic acid groups (broad SMARTS) is 1. The molecule has 0 unspecified atom stereocenters. The fraction of sp³-hybridized carbons (Fsp3) is 0.562. The Morgan fingerprint density at radius 1 is 1.33 bits per heavy atom. The van der Waals surface area contributed by atoms with Crippen LogP contribution in [-0.4, -0.2) is 24.3 Å². The maximum absolute atomic E-state index is 11.9. The molecule has 0 bridgehead atoms. The van der Waals surface area contributed by atoms with Crippen molar-refractivity contribution in [2.45, 2.75) is 44.4 Å². The number of benzene rings is 1.